The number of primary amides is 1. The van der Waals surface area contributed by atoms with Gasteiger partial charge in [0, 0.05) is 18.1 Å². The van der Waals surface area contributed by atoms with Gasteiger partial charge in [-0.05, 0) is 76.7 Å². The first kappa shape index (κ1) is 38.5. The largest absolute Gasteiger partial charge is 0.363 e. The van der Waals surface area contributed by atoms with E-state index in [1.54, 1.807) is 0 Å². The summed E-state index contributed by atoms with van der Waals surface area (Å²) in [7, 11) is 1.96. The second kappa shape index (κ2) is 16.8. The number of hydrogen-bond acceptors (Lipinski definition) is 6. The number of amides is 4. The number of carbonyl (C=O) groups excluding carboxylic acids is 5. The minimum atomic E-state index is -0.983. The van der Waals surface area contributed by atoms with Gasteiger partial charge in [0.05, 0.1) is 6.04 Å². The number of ketones is 1. The van der Waals surface area contributed by atoms with Crippen molar-refractivity contribution in [1.82, 2.24) is 20.9 Å². The number of nitrogens with zero attached hydrogens (tertiary/aromatic N) is 1. The first-order valence-corrected chi connectivity index (χ1v) is 14.9. The first-order valence-electron chi connectivity index (χ1n) is 14.9. The van der Waals surface area contributed by atoms with E-state index in [0.29, 0.717) is 36.6 Å². The molecule has 10 nitrogen and oxygen atoms in total. The molecule has 2 rings (SSSR count). The molecule has 1 saturated carbocycles. The van der Waals surface area contributed by atoms with Gasteiger partial charge in [0.2, 0.25) is 24.5 Å². The van der Waals surface area contributed by atoms with E-state index in [9.17, 15) is 24.0 Å². The van der Waals surface area contributed by atoms with Crippen LogP contribution >= 0.6 is 0 Å². The van der Waals surface area contributed by atoms with Gasteiger partial charge in [-0.25, -0.2) is 0 Å². The summed E-state index contributed by atoms with van der Waals surface area (Å²) < 4.78 is 0. The molecule has 0 spiro atoms. The number of nitrogens with two attached hydrogens (primary N) is 1. The predicted octanol–water partition coefficient (Wildman–Crippen LogP) is 3.17. The summed E-state index contributed by atoms with van der Waals surface area (Å²) in [4.78, 5) is 57.7. The van der Waals surface area contributed by atoms with Crippen LogP contribution in [0.1, 0.15) is 108 Å². The quantitative estimate of drug-likeness (QED) is 0.230. The number of carbonyl (C=O) groups is 5. The highest BCUT2D eigenvalue weighted by Crippen LogP contribution is 2.37. The molecule has 10 heteroatoms. The molecule has 41 heavy (non-hydrogen) atoms. The average molecular weight is 582 g/mol. The van der Waals surface area contributed by atoms with Gasteiger partial charge in [-0.3, -0.25) is 24.0 Å². The molecule has 0 aromatic rings. The van der Waals surface area contributed by atoms with E-state index in [-0.39, 0.29) is 22.8 Å². The van der Waals surface area contributed by atoms with Crippen molar-refractivity contribution in [3.63, 3.8) is 0 Å². The van der Waals surface area contributed by atoms with Crippen LogP contribution in [0, 0.1) is 22.7 Å². The number of hydrogen-bond donors (Lipinski definition) is 4. The van der Waals surface area contributed by atoms with Crippen LogP contribution in [0.2, 0.25) is 0 Å². The fourth-order valence-corrected chi connectivity index (χ4v) is 4.62. The fraction of sp³-hybridized carbons (Fsp3) is 0.839. The molecule has 2 aliphatic rings. The molecule has 5 N–H and O–H groups in total. The summed E-state index contributed by atoms with van der Waals surface area (Å²) >= 11 is 0. The SMILES string of the molecule is CC1C[C@@H](C(C)(C)C)CN1C(=O)[C@@H](NC=O)C(C)(C)C.CNC(C)(C)C.NC(=O)C(=O)C(CCC1CCC1)NC=O. The van der Waals surface area contributed by atoms with E-state index < -0.39 is 23.8 Å². The van der Waals surface area contributed by atoms with Crippen LogP contribution < -0.4 is 21.7 Å². The molecule has 4 atom stereocenters. The highest BCUT2D eigenvalue weighted by molar-refractivity contribution is 6.37. The Morgan fingerprint density at radius 1 is 0.951 bits per heavy atom. The van der Waals surface area contributed by atoms with Gasteiger partial charge < -0.3 is 26.6 Å². The highest BCUT2D eigenvalue weighted by atomic mass is 16.2. The Kier molecular flexibility index (Phi) is 15.8. The lowest BCUT2D eigenvalue weighted by molar-refractivity contribution is -0.138. The Hall–Kier alpha value is -2.49. The monoisotopic (exact) mass is 581 g/mol. The van der Waals surface area contributed by atoms with Crippen molar-refractivity contribution in [2.45, 2.75) is 131 Å². The molecule has 1 saturated heterocycles. The zero-order valence-corrected chi connectivity index (χ0v) is 27.6. The minimum absolute atomic E-state index is 0.0452. The number of Topliss-reactive ketones (excluding diaryl/α,β-unsaturated/α-hetero) is 1. The summed E-state index contributed by atoms with van der Waals surface area (Å²) in [6, 6.07) is -0.952. The first-order chi connectivity index (χ1) is 18.7. The third-order valence-corrected chi connectivity index (χ3v) is 8.10. The lowest BCUT2D eigenvalue weighted by Gasteiger charge is -2.34. The molecule has 0 aromatic carbocycles. The molecule has 2 fully saturated rings. The van der Waals surface area contributed by atoms with Gasteiger partial charge in [-0.1, -0.05) is 60.8 Å². The lowest BCUT2D eigenvalue weighted by Crippen LogP contribution is -2.53. The van der Waals surface area contributed by atoms with Crippen LogP contribution in [0.5, 0.6) is 0 Å². The molecule has 0 bridgehead atoms. The Morgan fingerprint density at radius 3 is 1.78 bits per heavy atom. The molecule has 1 heterocycles. The molecule has 238 valence electrons. The Labute approximate surface area is 248 Å². The van der Waals surface area contributed by atoms with Crippen molar-refractivity contribution in [3.05, 3.63) is 0 Å². The van der Waals surface area contributed by atoms with Crippen molar-refractivity contribution >= 4 is 30.4 Å². The van der Waals surface area contributed by atoms with Crippen molar-refractivity contribution in [2.24, 2.45) is 28.4 Å². The Morgan fingerprint density at radius 2 is 1.46 bits per heavy atom. The molecule has 2 unspecified atom stereocenters. The minimum Gasteiger partial charge on any atom is -0.363 e. The van der Waals surface area contributed by atoms with Crippen LogP contribution in [-0.4, -0.2) is 72.6 Å². The molecular formula is C31H59N5O5. The van der Waals surface area contributed by atoms with E-state index in [1.807, 2.05) is 32.7 Å². The van der Waals surface area contributed by atoms with Crippen molar-refractivity contribution in [3.8, 4) is 0 Å². The van der Waals surface area contributed by atoms with Gasteiger partial charge in [0.25, 0.3) is 5.91 Å². The normalized spacial score (nSPS) is 20.6. The number of nitrogens with one attached hydrogen (secondary N) is 3. The van der Waals surface area contributed by atoms with Crippen LogP contribution in [0.4, 0.5) is 0 Å². The standard InChI is InChI=1S/C16H30N2O2.C10H16N2O3.C5H13N/c1-11-8-12(15(2,3)4)9-18(11)14(20)13(17-10-19)16(5,6)7;11-10(15)9(14)8(12-6-13)5-4-7-2-1-3-7;1-5(2,3)6-4/h10-13H,8-9H2,1-7H3,(H,17,19);6-8H,1-5H2,(H2,11,15)(H,12,13);6H,1-4H3/t11?,12-,13-;;/m1../s1. The highest BCUT2D eigenvalue weighted by Gasteiger charge is 2.42. The molecule has 1 aliphatic heterocycles. The van der Waals surface area contributed by atoms with Crippen LogP contribution in [0.15, 0.2) is 0 Å². The maximum Gasteiger partial charge on any atom is 0.287 e. The summed E-state index contributed by atoms with van der Waals surface area (Å²) in [5.74, 6) is -0.492. The van der Waals surface area contributed by atoms with Crippen LogP contribution in [-0.2, 0) is 24.0 Å². The smallest absolute Gasteiger partial charge is 0.287 e. The zero-order chi connectivity index (χ0) is 32.2. The summed E-state index contributed by atoms with van der Waals surface area (Å²) in [6.45, 7) is 21.9. The van der Waals surface area contributed by atoms with E-state index in [1.165, 1.54) is 19.3 Å². The Bertz CT molecular complexity index is 852. The summed E-state index contributed by atoms with van der Waals surface area (Å²) in [5.41, 5.74) is 5.09. The topological polar surface area (TPSA) is 151 Å². The van der Waals surface area contributed by atoms with E-state index >= 15 is 0 Å². The second-order valence-electron chi connectivity index (χ2n) is 14.7. The molecular weight excluding hydrogens is 522 g/mol. The van der Waals surface area contributed by atoms with Crippen LogP contribution in [0.25, 0.3) is 0 Å². The lowest BCUT2D eigenvalue weighted by atomic mass is 9.79. The maximum absolute atomic E-state index is 12.8. The average Bonchev–Trinajstić information content (AvgIpc) is 3.22. The number of rotatable bonds is 10. The van der Waals surface area contributed by atoms with Gasteiger partial charge in [-0.15, -0.1) is 0 Å². The van der Waals surface area contributed by atoms with Crippen molar-refractivity contribution in [1.29, 1.82) is 0 Å². The van der Waals surface area contributed by atoms with Gasteiger partial charge in [0.15, 0.2) is 0 Å². The molecule has 0 aromatic heterocycles. The maximum atomic E-state index is 12.8. The third-order valence-electron chi connectivity index (χ3n) is 8.10. The third kappa shape index (κ3) is 14.3. The van der Waals surface area contributed by atoms with Crippen molar-refractivity contribution in [2.75, 3.05) is 13.6 Å². The van der Waals surface area contributed by atoms with Gasteiger partial charge >= 0.3 is 0 Å². The second-order valence-corrected chi connectivity index (χ2v) is 14.7. The van der Waals surface area contributed by atoms with Gasteiger partial charge in [-0.2, -0.15) is 0 Å². The Balaban J connectivity index is 0.000000669. The fourth-order valence-electron chi connectivity index (χ4n) is 4.62. The predicted molar refractivity (Wildman–Crippen MR) is 164 cm³/mol. The summed E-state index contributed by atoms with van der Waals surface area (Å²) in [6.07, 6.45) is 7.07. The molecule has 1 aliphatic carbocycles. The summed E-state index contributed by atoms with van der Waals surface area (Å²) in [5, 5.41) is 8.14. The van der Waals surface area contributed by atoms with E-state index in [4.69, 9.17) is 5.73 Å². The van der Waals surface area contributed by atoms with E-state index in [2.05, 4.69) is 64.4 Å². The van der Waals surface area contributed by atoms with Gasteiger partial charge in [0.1, 0.15) is 6.04 Å². The number of likely N-dealkylation sites (tertiary alicyclic amines) is 1. The van der Waals surface area contributed by atoms with E-state index in [0.717, 1.165) is 19.4 Å². The molecule has 0 radical (unpaired) electrons. The molecule has 4 amide bonds. The zero-order valence-electron chi connectivity index (χ0n) is 27.6. The van der Waals surface area contributed by atoms with Crippen molar-refractivity contribution < 1.29 is 24.0 Å². The van der Waals surface area contributed by atoms with Crippen LogP contribution in [0.3, 0.4) is 0 Å².